The number of aromatic nitrogens is 1. The van der Waals surface area contributed by atoms with E-state index in [1.807, 2.05) is 12.3 Å². The topological polar surface area (TPSA) is 37.4 Å². The Morgan fingerprint density at radius 3 is 2.95 bits per heavy atom. The minimum Gasteiger partial charge on any atom is -0.381 e. The van der Waals surface area contributed by atoms with Crippen LogP contribution >= 0.6 is 0 Å². The summed E-state index contributed by atoms with van der Waals surface area (Å²) in [7, 11) is 2.15. The number of pyridine rings is 1. The highest BCUT2D eigenvalue weighted by Gasteiger charge is 2.21. The maximum Gasteiger partial charge on any atom is 0.133 e. The first-order chi connectivity index (χ1) is 9.33. The molecule has 1 aromatic heterocycles. The summed E-state index contributed by atoms with van der Waals surface area (Å²) in [6.45, 7) is 5.86. The number of rotatable bonds is 6. The Kier molecular flexibility index (Phi) is 5.61. The van der Waals surface area contributed by atoms with Gasteiger partial charge in [-0.15, -0.1) is 0 Å². The van der Waals surface area contributed by atoms with Crippen LogP contribution in [0, 0.1) is 0 Å². The molecule has 0 spiro atoms. The third kappa shape index (κ3) is 3.91. The van der Waals surface area contributed by atoms with Crippen LogP contribution in [0.3, 0.4) is 0 Å². The van der Waals surface area contributed by atoms with Crippen molar-refractivity contribution in [2.75, 3.05) is 31.7 Å². The first kappa shape index (κ1) is 14.3. The van der Waals surface area contributed by atoms with Gasteiger partial charge in [0.05, 0.1) is 0 Å². The van der Waals surface area contributed by atoms with Crippen LogP contribution in [0.15, 0.2) is 18.3 Å². The molecule has 0 atom stereocenters. The van der Waals surface area contributed by atoms with Crippen LogP contribution in [0.2, 0.25) is 0 Å². The van der Waals surface area contributed by atoms with Crippen LogP contribution in [0.1, 0.15) is 31.7 Å². The Morgan fingerprint density at radius 2 is 2.21 bits per heavy atom. The fourth-order valence-corrected chi connectivity index (χ4v) is 2.53. The molecule has 2 rings (SSSR count). The van der Waals surface area contributed by atoms with Gasteiger partial charge in [-0.3, -0.25) is 0 Å². The van der Waals surface area contributed by atoms with Gasteiger partial charge in [-0.25, -0.2) is 4.98 Å². The van der Waals surface area contributed by atoms with Gasteiger partial charge in [0, 0.05) is 44.6 Å². The van der Waals surface area contributed by atoms with Crippen molar-refractivity contribution < 1.29 is 4.74 Å². The van der Waals surface area contributed by atoms with Crippen molar-refractivity contribution in [3.05, 3.63) is 23.9 Å². The average Bonchev–Trinajstić information content (AvgIpc) is 2.48. The molecular weight excluding hydrogens is 238 g/mol. The molecule has 1 fully saturated rings. The lowest BCUT2D eigenvalue weighted by molar-refractivity contribution is 0.0853. The molecule has 0 saturated carbocycles. The first-order valence-corrected chi connectivity index (χ1v) is 7.28. The van der Waals surface area contributed by atoms with E-state index in [2.05, 4.69) is 35.2 Å². The molecule has 4 nitrogen and oxygen atoms in total. The predicted octanol–water partition coefficient (Wildman–Crippen LogP) is 2.20. The van der Waals surface area contributed by atoms with Gasteiger partial charge in [0.2, 0.25) is 0 Å². The molecule has 0 unspecified atom stereocenters. The summed E-state index contributed by atoms with van der Waals surface area (Å²) in [6, 6.07) is 4.74. The number of hydrogen-bond acceptors (Lipinski definition) is 4. The maximum absolute atomic E-state index is 5.44. The maximum atomic E-state index is 5.44. The summed E-state index contributed by atoms with van der Waals surface area (Å²) in [4.78, 5) is 6.90. The zero-order valence-electron chi connectivity index (χ0n) is 12.1. The highest BCUT2D eigenvalue weighted by Crippen LogP contribution is 2.22. The molecule has 19 heavy (non-hydrogen) atoms. The SMILES string of the molecule is CCCNCc1cccnc1N(C)C1CCOCC1. The van der Waals surface area contributed by atoms with E-state index in [1.54, 1.807) is 0 Å². The molecule has 1 aliphatic rings. The Balaban J connectivity index is 2.04. The fraction of sp³-hybridized carbons (Fsp3) is 0.667. The fourth-order valence-electron chi connectivity index (χ4n) is 2.53. The second-order valence-corrected chi connectivity index (χ2v) is 5.12. The first-order valence-electron chi connectivity index (χ1n) is 7.28. The van der Waals surface area contributed by atoms with Crippen molar-refractivity contribution in [2.24, 2.45) is 0 Å². The van der Waals surface area contributed by atoms with Crippen molar-refractivity contribution in [2.45, 2.75) is 38.8 Å². The van der Waals surface area contributed by atoms with E-state index in [0.29, 0.717) is 6.04 Å². The minimum absolute atomic E-state index is 0.550. The number of anilines is 1. The molecular formula is C15H25N3O. The van der Waals surface area contributed by atoms with Crippen LogP contribution in [-0.2, 0) is 11.3 Å². The molecule has 2 heterocycles. The third-order valence-electron chi connectivity index (χ3n) is 3.68. The van der Waals surface area contributed by atoms with E-state index in [0.717, 1.165) is 51.4 Å². The van der Waals surface area contributed by atoms with Gasteiger partial charge in [-0.2, -0.15) is 0 Å². The van der Waals surface area contributed by atoms with Gasteiger partial charge in [0.1, 0.15) is 5.82 Å². The average molecular weight is 263 g/mol. The van der Waals surface area contributed by atoms with Gasteiger partial charge in [0.25, 0.3) is 0 Å². The summed E-state index contributed by atoms with van der Waals surface area (Å²) >= 11 is 0. The van der Waals surface area contributed by atoms with Gasteiger partial charge in [0.15, 0.2) is 0 Å². The number of nitrogens with one attached hydrogen (secondary N) is 1. The van der Waals surface area contributed by atoms with E-state index in [1.165, 1.54) is 5.56 Å². The molecule has 1 saturated heterocycles. The zero-order valence-corrected chi connectivity index (χ0v) is 12.1. The van der Waals surface area contributed by atoms with Crippen LogP contribution < -0.4 is 10.2 Å². The number of hydrogen-bond donors (Lipinski definition) is 1. The molecule has 0 amide bonds. The van der Waals surface area contributed by atoms with E-state index in [4.69, 9.17) is 4.74 Å². The molecule has 4 heteroatoms. The summed E-state index contributed by atoms with van der Waals surface area (Å²) in [5, 5.41) is 3.46. The standard InChI is InChI=1S/C15H25N3O/c1-3-8-16-12-13-5-4-9-17-15(13)18(2)14-6-10-19-11-7-14/h4-5,9,14,16H,3,6-8,10-12H2,1-2H3. The smallest absolute Gasteiger partial charge is 0.133 e. The van der Waals surface area contributed by atoms with E-state index in [-0.39, 0.29) is 0 Å². The third-order valence-corrected chi connectivity index (χ3v) is 3.68. The predicted molar refractivity (Wildman–Crippen MR) is 78.5 cm³/mol. The molecule has 0 aliphatic carbocycles. The lowest BCUT2D eigenvalue weighted by Gasteiger charge is -2.33. The normalized spacial score (nSPS) is 16.5. The molecule has 1 aromatic rings. The second kappa shape index (κ2) is 7.46. The summed E-state index contributed by atoms with van der Waals surface area (Å²) in [5.74, 6) is 1.11. The van der Waals surface area contributed by atoms with Crippen molar-refractivity contribution in [1.29, 1.82) is 0 Å². The Labute approximate surface area is 116 Å². The summed E-state index contributed by atoms with van der Waals surface area (Å²) in [5.41, 5.74) is 1.28. The van der Waals surface area contributed by atoms with Crippen LogP contribution in [0.25, 0.3) is 0 Å². The van der Waals surface area contributed by atoms with E-state index >= 15 is 0 Å². The summed E-state index contributed by atoms with van der Waals surface area (Å²) in [6.07, 6.45) is 5.23. The van der Waals surface area contributed by atoms with E-state index < -0.39 is 0 Å². The van der Waals surface area contributed by atoms with Gasteiger partial charge >= 0.3 is 0 Å². The Bertz CT molecular complexity index is 377. The van der Waals surface area contributed by atoms with Crippen molar-refractivity contribution >= 4 is 5.82 Å². The highest BCUT2D eigenvalue weighted by molar-refractivity contribution is 5.47. The Hall–Kier alpha value is -1.13. The quantitative estimate of drug-likeness (QED) is 0.798. The molecule has 0 bridgehead atoms. The largest absolute Gasteiger partial charge is 0.381 e. The van der Waals surface area contributed by atoms with Crippen LogP contribution in [0.5, 0.6) is 0 Å². The van der Waals surface area contributed by atoms with Crippen molar-refractivity contribution in [3.8, 4) is 0 Å². The van der Waals surface area contributed by atoms with Gasteiger partial charge in [-0.05, 0) is 31.9 Å². The molecule has 1 aliphatic heterocycles. The second-order valence-electron chi connectivity index (χ2n) is 5.12. The van der Waals surface area contributed by atoms with Gasteiger partial charge < -0.3 is 15.0 Å². The molecule has 0 aromatic carbocycles. The number of ether oxygens (including phenoxy) is 1. The Morgan fingerprint density at radius 1 is 1.42 bits per heavy atom. The van der Waals surface area contributed by atoms with Crippen LogP contribution in [0.4, 0.5) is 5.82 Å². The van der Waals surface area contributed by atoms with Crippen LogP contribution in [-0.4, -0.2) is 37.8 Å². The minimum atomic E-state index is 0.550. The highest BCUT2D eigenvalue weighted by atomic mass is 16.5. The summed E-state index contributed by atoms with van der Waals surface area (Å²) < 4.78 is 5.44. The van der Waals surface area contributed by atoms with E-state index in [9.17, 15) is 0 Å². The van der Waals surface area contributed by atoms with Crippen molar-refractivity contribution in [1.82, 2.24) is 10.3 Å². The monoisotopic (exact) mass is 263 g/mol. The molecule has 0 radical (unpaired) electrons. The lowest BCUT2D eigenvalue weighted by atomic mass is 10.1. The number of nitrogens with zero attached hydrogens (tertiary/aromatic N) is 2. The molecule has 1 N–H and O–H groups in total. The van der Waals surface area contributed by atoms with Gasteiger partial charge in [-0.1, -0.05) is 13.0 Å². The molecule has 106 valence electrons. The zero-order chi connectivity index (χ0) is 13.5. The lowest BCUT2D eigenvalue weighted by Crippen LogP contribution is -2.38. The van der Waals surface area contributed by atoms with Crippen molar-refractivity contribution in [3.63, 3.8) is 0 Å².